The molecule has 6 nitrogen and oxygen atoms in total. The number of nitrogens with zero attached hydrogens (tertiary/aromatic N) is 5. The first kappa shape index (κ1) is 18.8. The molecular weight excluding hydrogens is 386 g/mol. The van der Waals surface area contributed by atoms with E-state index in [4.69, 9.17) is 0 Å². The van der Waals surface area contributed by atoms with E-state index >= 15 is 0 Å². The van der Waals surface area contributed by atoms with Crippen molar-refractivity contribution in [2.24, 2.45) is 17.8 Å². The van der Waals surface area contributed by atoms with E-state index in [2.05, 4.69) is 54.5 Å². The van der Waals surface area contributed by atoms with Gasteiger partial charge in [-0.15, -0.1) is 0 Å². The van der Waals surface area contributed by atoms with Crippen molar-refractivity contribution < 1.29 is 4.79 Å². The van der Waals surface area contributed by atoms with Crippen LogP contribution in [0.2, 0.25) is 0 Å². The van der Waals surface area contributed by atoms with Crippen LogP contribution in [0.3, 0.4) is 0 Å². The zero-order chi connectivity index (χ0) is 20.8. The Bertz CT molecular complexity index is 1070. The first-order valence-electron chi connectivity index (χ1n) is 11.7. The second-order valence-electron chi connectivity index (χ2n) is 9.43. The number of hydrogen-bond acceptors (Lipinski definition) is 4. The van der Waals surface area contributed by atoms with Gasteiger partial charge in [0.2, 0.25) is 5.91 Å². The molecule has 0 unspecified atom stereocenters. The van der Waals surface area contributed by atoms with Crippen LogP contribution in [0.4, 0.5) is 5.82 Å². The van der Waals surface area contributed by atoms with Crippen molar-refractivity contribution in [3.63, 3.8) is 0 Å². The van der Waals surface area contributed by atoms with E-state index in [1.165, 1.54) is 24.8 Å². The van der Waals surface area contributed by atoms with Crippen molar-refractivity contribution in [2.75, 3.05) is 24.5 Å². The van der Waals surface area contributed by atoms with Crippen molar-refractivity contribution >= 4 is 17.4 Å². The molecule has 160 valence electrons. The predicted octanol–water partition coefficient (Wildman–Crippen LogP) is 3.95. The molecule has 0 bridgehead atoms. The minimum Gasteiger partial charge on any atom is -0.356 e. The lowest BCUT2D eigenvalue weighted by Gasteiger charge is -2.34. The molecule has 1 amide bonds. The van der Waals surface area contributed by atoms with E-state index in [0.717, 1.165) is 43.9 Å². The Hall–Kier alpha value is -2.89. The molecule has 3 atom stereocenters. The van der Waals surface area contributed by atoms with Gasteiger partial charge in [-0.05, 0) is 18.4 Å². The first-order valence-corrected chi connectivity index (χ1v) is 11.7. The molecule has 6 rings (SSSR count). The summed E-state index contributed by atoms with van der Waals surface area (Å²) in [6.07, 6.45) is 13.4. The highest BCUT2D eigenvalue weighted by atomic mass is 16.2. The molecule has 3 aromatic rings. The number of aromatic nitrogens is 3. The molecule has 6 heteroatoms. The maximum Gasteiger partial charge on any atom is 0.226 e. The van der Waals surface area contributed by atoms with Gasteiger partial charge in [-0.2, -0.15) is 0 Å². The fourth-order valence-corrected chi connectivity index (χ4v) is 6.19. The number of amides is 1. The number of imidazole rings is 1. The molecule has 4 heterocycles. The Morgan fingerprint density at radius 1 is 0.968 bits per heavy atom. The van der Waals surface area contributed by atoms with Gasteiger partial charge in [0.1, 0.15) is 5.82 Å². The van der Waals surface area contributed by atoms with Crippen LogP contribution in [0.25, 0.3) is 5.65 Å². The smallest absolute Gasteiger partial charge is 0.226 e. The molecule has 0 radical (unpaired) electrons. The Morgan fingerprint density at radius 2 is 1.81 bits per heavy atom. The lowest BCUT2D eigenvalue weighted by molar-refractivity contribution is -0.138. The van der Waals surface area contributed by atoms with E-state index < -0.39 is 0 Å². The average Bonchev–Trinajstić information content (AvgIpc) is 3.53. The number of anilines is 1. The molecule has 1 aromatic carbocycles. The van der Waals surface area contributed by atoms with E-state index in [0.29, 0.717) is 17.7 Å². The predicted molar refractivity (Wildman–Crippen MR) is 120 cm³/mol. The third-order valence-electron chi connectivity index (χ3n) is 7.66. The van der Waals surface area contributed by atoms with Gasteiger partial charge < -0.3 is 9.80 Å². The summed E-state index contributed by atoms with van der Waals surface area (Å²) in [4.78, 5) is 27.1. The molecule has 2 aromatic heterocycles. The number of fused-ring (bicyclic) bond motifs is 2. The van der Waals surface area contributed by atoms with Gasteiger partial charge in [0, 0.05) is 49.8 Å². The van der Waals surface area contributed by atoms with Crippen LogP contribution in [0.5, 0.6) is 0 Å². The number of carbonyl (C=O) groups excluding carboxylic acids is 1. The number of hydrogen-bond donors (Lipinski definition) is 0. The number of likely N-dealkylation sites (tertiary alicyclic amines) is 1. The Balaban J connectivity index is 1.31. The van der Waals surface area contributed by atoms with Gasteiger partial charge in [-0.3, -0.25) is 14.2 Å². The molecule has 2 saturated heterocycles. The molecule has 31 heavy (non-hydrogen) atoms. The lowest BCUT2D eigenvalue weighted by Crippen LogP contribution is -2.40. The average molecular weight is 416 g/mol. The molecule has 3 aliphatic rings. The van der Waals surface area contributed by atoms with Crippen LogP contribution in [-0.2, 0) is 4.79 Å². The summed E-state index contributed by atoms with van der Waals surface area (Å²) in [6.45, 7) is 2.77. The Labute approximate surface area is 182 Å². The van der Waals surface area contributed by atoms with Gasteiger partial charge in [0.25, 0.3) is 0 Å². The van der Waals surface area contributed by atoms with Gasteiger partial charge >= 0.3 is 0 Å². The minimum atomic E-state index is 0.167. The number of benzene rings is 1. The third kappa shape index (κ3) is 3.20. The second-order valence-corrected chi connectivity index (χ2v) is 9.43. The number of rotatable bonds is 3. The first-order chi connectivity index (χ1) is 15.3. The van der Waals surface area contributed by atoms with Crippen LogP contribution >= 0.6 is 0 Å². The van der Waals surface area contributed by atoms with Crippen molar-refractivity contribution in [3.05, 3.63) is 60.7 Å². The molecule has 0 spiro atoms. The Kier molecular flexibility index (Phi) is 4.66. The zero-order valence-electron chi connectivity index (χ0n) is 17.8. The standard InChI is InChI=1S/C25H29N5O/c31-25(19-9-5-2-6-10-19)30-16-20-15-28(23-14-26-13-22-27-11-12-29(22)23)17-21(20)24(30)18-7-3-1-4-8-18/h1,3-4,7-8,11-14,19-21,24H,2,5-6,9-10,15-17H2/t20-,21-,24-/m0/s1. The summed E-state index contributed by atoms with van der Waals surface area (Å²) in [6, 6.07) is 10.9. The van der Waals surface area contributed by atoms with E-state index in [1.807, 2.05) is 18.6 Å². The van der Waals surface area contributed by atoms with Crippen molar-refractivity contribution in [1.29, 1.82) is 0 Å². The van der Waals surface area contributed by atoms with Crippen LogP contribution in [0, 0.1) is 17.8 Å². The summed E-state index contributed by atoms with van der Waals surface area (Å²) in [5.74, 6) is 2.64. The summed E-state index contributed by atoms with van der Waals surface area (Å²) in [5.41, 5.74) is 2.16. The number of carbonyl (C=O) groups is 1. The summed E-state index contributed by atoms with van der Waals surface area (Å²) in [5, 5.41) is 0. The van der Waals surface area contributed by atoms with Gasteiger partial charge in [0.15, 0.2) is 5.65 Å². The fourth-order valence-electron chi connectivity index (χ4n) is 6.19. The van der Waals surface area contributed by atoms with Gasteiger partial charge in [-0.1, -0.05) is 49.6 Å². The molecule has 1 saturated carbocycles. The van der Waals surface area contributed by atoms with E-state index in [1.54, 1.807) is 6.20 Å². The molecule has 0 N–H and O–H groups in total. The van der Waals surface area contributed by atoms with Gasteiger partial charge in [-0.25, -0.2) is 4.98 Å². The van der Waals surface area contributed by atoms with Crippen LogP contribution in [0.1, 0.15) is 43.7 Å². The minimum absolute atomic E-state index is 0.167. The summed E-state index contributed by atoms with van der Waals surface area (Å²) in [7, 11) is 0. The largest absolute Gasteiger partial charge is 0.356 e. The maximum absolute atomic E-state index is 13.6. The summed E-state index contributed by atoms with van der Waals surface area (Å²) >= 11 is 0. The van der Waals surface area contributed by atoms with Crippen molar-refractivity contribution in [2.45, 2.75) is 38.1 Å². The molecular formula is C25H29N5O. The SMILES string of the molecule is O=C(C1CCCCC1)N1C[C@@H]2CN(c3cncc4nccn34)C[C@@H]2[C@@H]1c1ccccc1. The van der Waals surface area contributed by atoms with Crippen molar-refractivity contribution in [1.82, 2.24) is 19.3 Å². The molecule has 2 aliphatic heterocycles. The van der Waals surface area contributed by atoms with Crippen LogP contribution in [0.15, 0.2) is 55.1 Å². The normalized spacial score (nSPS) is 26.5. The monoisotopic (exact) mass is 415 g/mol. The zero-order valence-corrected chi connectivity index (χ0v) is 17.8. The highest BCUT2D eigenvalue weighted by molar-refractivity contribution is 5.80. The maximum atomic E-state index is 13.6. The van der Waals surface area contributed by atoms with Crippen molar-refractivity contribution in [3.8, 4) is 0 Å². The fraction of sp³-hybridized carbons (Fsp3) is 0.480. The van der Waals surface area contributed by atoms with Gasteiger partial charge in [0.05, 0.1) is 18.4 Å². The third-order valence-corrected chi connectivity index (χ3v) is 7.66. The quantitative estimate of drug-likeness (QED) is 0.650. The van der Waals surface area contributed by atoms with E-state index in [-0.39, 0.29) is 12.0 Å². The highest BCUT2D eigenvalue weighted by Crippen LogP contribution is 2.47. The highest BCUT2D eigenvalue weighted by Gasteiger charge is 2.50. The second kappa shape index (κ2) is 7.66. The molecule has 3 fully saturated rings. The molecule has 1 aliphatic carbocycles. The Morgan fingerprint density at radius 3 is 2.65 bits per heavy atom. The van der Waals surface area contributed by atoms with Crippen LogP contribution in [-0.4, -0.2) is 44.8 Å². The summed E-state index contributed by atoms with van der Waals surface area (Å²) < 4.78 is 2.12. The van der Waals surface area contributed by atoms with E-state index in [9.17, 15) is 4.79 Å². The lowest BCUT2D eigenvalue weighted by atomic mass is 9.87. The van der Waals surface area contributed by atoms with Crippen LogP contribution < -0.4 is 4.90 Å². The topological polar surface area (TPSA) is 53.7 Å².